The van der Waals surface area contributed by atoms with Crippen molar-refractivity contribution in [3.63, 3.8) is 0 Å². The molecule has 1 aliphatic heterocycles. The van der Waals surface area contributed by atoms with Crippen molar-refractivity contribution in [3.8, 4) is 6.07 Å². The number of nitriles is 1. The zero-order valence-corrected chi connectivity index (χ0v) is 10.5. The van der Waals surface area contributed by atoms with Crippen LogP contribution in [0.25, 0.3) is 0 Å². The second kappa shape index (κ2) is 4.29. The number of anilines is 2. The van der Waals surface area contributed by atoms with E-state index >= 15 is 0 Å². The van der Waals surface area contributed by atoms with E-state index in [1.807, 2.05) is 19.9 Å². The summed E-state index contributed by atoms with van der Waals surface area (Å²) in [6, 6.07) is 8.46. The SMILES string of the molecule is CC(C)(C#N)CCN1CCc2cc(N)ccc21. The maximum Gasteiger partial charge on any atom is 0.0684 e. The molecule has 0 spiro atoms. The van der Waals surface area contributed by atoms with Gasteiger partial charge in [-0.1, -0.05) is 0 Å². The molecule has 1 heterocycles. The van der Waals surface area contributed by atoms with Crippen LogP contribution in [0.5, 0.6) is 0 Å². The van der Waals surface area contributed by atoms with E-state index in [0.29, 0.717) is 0 Å². The van der Waals surface area contributed by atoms with Gasteiger partial charge in [-0.25, -0.2) is 0 Å². The average molecular weight is 229 g/mol. The molecule has 0 bridgehead atoms. The second-order valence-electron chi connectivity index (χ2n) is 5.37. The van der Waals surface area contributed by atoms with E-state index in [2.05, 4.69) is 23.1 Å². The summed E-state index contributed by atoms with van der Waals surface area (Å²) in [6.45, 7) is 5.97. The smallest absolute Gasteiger partial charge is 0.0684 e. The van der Waals surface area contributed by atoms with Crippen molar-refractivity contribution in [1.82, 2.24) is 0 Å². The fraction of sp³-hybridized carbons (Fsp3) is 0.500. The normalized spacial score (nSPS) is 14.5. The van der Waals surface area contributed by atoms with Gasteiger partial charge in [-0.15, -0.1) is 0 Å². The maximum atomic E-state index is 9.01. The lowest BCUT2D eigenvalue weighted by atomic mass is 9.91. The number of hydrogen-bond donors (Lipinski definition) is 1. The van der Waals surface area contributed by atoms with E-state index < -0.39 is 0 Å². The van der Waals surface area contributed by atoms with Gasteiger partial charge in [0.2, 0.25) is 0 Å². The van der Waals surface area contributed by atoms with E-state index in [-0.39, 0.29) is 5.41 Å². The number of fused-ring (bicyclic) bond motifs is 1. The van der Waals surface area contributed by atoms with Crippen molar-refractivity contribution in [2.75, 3.05) is 23.7 Å². The molecule has 0 fully saturated rings. The summed E-state index contributed by atoms with van der Waals surface area (Å²) >= 11 is 0. The first-order valence-electron chi connectivity index (χ1n) is 6.06. The van der Waals surface area contributed by atoms with Crippen molar-refractivity contribution in [2.24, 2.45) is 5.41 Å². The quantitative estimate of drug-likeness (QED) is 0.810. The predicted octanol–water partition coefficient (Wildman–Crippen LogP) is 2.57. The fourth-order valence-corrected chi connectivity index (χ4v) is 2.19. The third kappa shape index (κ3) is 2.52. The minimum absolute atomic E-state index is 0.240. The zero-order valence-electron chi connectivity index (χ0n) is 10.5. The minimum Gasteiger partial charge on any atom is -0.399 e. The molecule has 1 aromatic rings. The van der Waals surface area contributed by atoms with Gasteiger partial charge in [0, 0.05) is 24.5 Å². The van der Waals surface area contributed by atoms with Crippen molar-refractivity contribution in [1.29, 1.82) is 5.26 Å². The van der Waals surface area contributed by atoms with E-state index in [1.54, 1.807) is 0 Å². The summed E-state index contributed by atoms with van der Waals surface area (Å²) in [6.07, 6.45) is 1.96. The summed E-state index contributed by atoms with van der Waals surface area (Å²) in [5.74, 6) is 0. The molecule has 3 heteroatoms. The van der Waals surface area contributed by atoms with Gasteiger partial charge in [-0.05, 0) is 50.5 Å². The fourth-order valence-electron chi connectivity index (χ4n) is 2.19. The molecule has 0 aromatic heterocycles. The van der Waals surface area contributed by atoms with Gasteiger partial charge in [0.1, 0.15) is 0 Å². The van der Waals surface area contributed by atoms with E-state index in [0.717, 1.165) is 31.6 Å². The Morgan fingerprint density at radius 3 is 2.94 bits per heavy atom. The molecule has 2 N–H and O–H groups in total. The van der Waals surface area contributed by atoms with Crippen molar-refractivity contribution in [3.05, 3.63) is 23.8 Å². The molecular formula is C14H19N3. The Kier molecular flexibility index (Phi) is 2.97. The molecule has 0 amide bonds. The Bertz CT molecular complexity index is 457. The third-order valence-corrected chi connectivity index (χ3v) is 3.40. The molecule has 90 valence electrons. The zero-order chi connectivity index (χ0) is 12.5. The number of nitrogen functional groups attached to an aromatic ring is 1. The lowest BCUT2D eigenvalue weighted by Gasteiger charge is -2.23. The number of benzene rings is 1. The molecule has 0 unspecified atom stereocenters. The molecule has 0 atom stereocenters. The average Bonchev–Trinajstić information content (AvgIpc) is 2.69. The Balaban J connectivity index is 2.06. The first-order chi connectivity index (χ1) is 8.02. The molecule has 1 aromatic carbocycles. The number of hydrogen-bond acceptors (Lipinski definition) is 3. The maximum absolute atomic E-state index is 9.01. The number of nitrogens with two attached hydrogens (primary N) is 1. The lowest BCUT2D eigenvalue weighted by molar-refractivity contribution is 0.452. The van der Waals surface area contributed by atoms with Crippen LogP contribution in [0, 0.1) is 16.7 Å². The van der Waals surface area contributed by atoms with Gasteiger partial charge in [0.05, 0.1) is 11.5 Å². The topological polar surface area (TPSA) is 53.0 Å². The van der Waals surface area contributed by atoms with Crippen molar-refractivity contribution < 1.29 is 0 Å². The summed E-state index contributed by atoms with van der Waals surface area (Å²) in [7, 11) is 0. The van der Waals surface area contributed by atoms with Crippen molar-refractivity contribution >= 4 is 11.4 Å². The van der Waals surface area contributed by atoms with Crippen LogP contribution in [0.15, 0.2) is 18.2 Å². The van der Waals surface area contributed by atoms with Crippen LogP contribution in [-0.2, 0) is 6.42 Å². The monoisotopic (exact) mass is 229 g/mol. The molecule has 0 saturated carbocycles. The highest BCUT2D eigenvalue weighted by Gasteiger charge is 2.22. The van der Waals surface area contributed by atoms with Gasteiger partial charge < -0.3 is 10.6 Å². The Labute approximate surface area is 103 Å². The Hall–Kier alpha value is -1.69. The van der Waals surface area contributed by atoms with Crippen LogP contribution in [0.4, 0.5) is 11.4 Å². The van der Waals surface area contributed by atoms with Crippen LogP contribution >= 0.6 is 0 Å². The van der Waals surface area contributed by atoms with Gasteiger partial charge in [-0.3, -0.25) is 0 Å². The van der Waals surface area contributed by atoms with E-state index in [9.17, 15) is 0 Å². The van der Waals surface area contributed by atoms with Gasteiger partial charge in [0.25, 0.3) is 0 Å². The largest absolute Gasteiger partial charge is 0.399 e. The van der Waals surface area contributed by atoms with Gasteiger partial charge >= 0.3 is 0 Å². The lowest BCUT2D eigenvalue weighted by Crippen LogP contribution is -2.25. The van der Waals surface area contributed by atoms with E-state index in [4.69, 9.17) is 11.0 Å². The molecule has 0 aliphatic carbocycles. The van der Waals surface area contributed by atoms with Crippen LogP contribution < -0.4 is 10.6 Å². The second-order valence-corrected chi connectivity index (χ2v) is 5.37. The highest BCUT2D eigenvalue weighted by Crippen LogP contribution is 2.31. The van der Waals surface area contributed by atoms with Crippen LogP contribution in [0.3, 0.4) is 0 Å². The first kappa shape index (κ1) is 11.8. The van der Waals surface area contributed by atoms with Crippen molar-refractivity contribution in [2.45, 2.75) is 26.7 Å². The Morgan fingerprint density at radius 2 is 2.24 bits per heavy atom. The minimum atomic E-state index is -0.240. The van der Waals surface area contributed by atoms with Gasteiger partial charge in [0.15, 0.2) is 0 Å². The summed E-state index contributed by atoms with van der Waals surface area (Å²) in [5.41, 5.74) is 8.99. The standard InChI is InChI=1S/C14H19N3/c1-14(2,10-15)6-8-17-7-5-11-9-12(16)3-4-13(11)17/h3-4,9H,5-8,16H2,1-2H3. The van der Waals surface area contributed by atoms with Crippen LogP contribution in [0.2, 0.25) is 0 Å². The number of rotatable bonds is 3. The summed E-state index contributed by atoms with van der Waals surface area (Å²) in [4.78, 5) is 2.36. The summed E-state index contributed by atoms with van der Waals surface area (Å²) < 4.78 is 0. The molecule has 1 aliphatic rings. The first-order valence-corrected chi connectivity index (χ1v) is 6.06. The molecule has 2 rings (SSSR count). The molecule has 3 nitrogen and oxygen atoms in total. The molecule has 0 radical (unpaired) electrons. The molecular weight excluding hydrogens is 210 g/mol. The molecule has 17 heavy (non-hydrogen) atoms. The van der Waals surface area contributed by atoms with Gasteiger partial charge in [-0.2, -0.15) is 5.26 Å². The highest BCUT2D eigenvalue weighted by molar-refractivity contribution is 5.62. The highest BCUT2D eigenvalue weighted by atomic mass is 15.1. The van der Waals surface area contributed by atoms with Crippen LogP contribution in [0.1, 0.15) is 25.8 Å². The van der Waals surface area contributed by atoms with Crippen LogP contribution in [-0.4, -0.2) is 13.1 Å². The Morgan fingerprint density at radius 1 is 1.47 bits per heavy atom. The predicted molar refractivity (Wildman–Crippen MR) is 70.8 cm³/mol. The molecule has 0 saturated heterocycles. The van der Waals surface area contributed by atoms with E-state index in [1.165, 1.54) is 11.3 Å². The third-order valence-electron chi connectivity index (χ3n) is 3.40. The summed E-state index contributed by atoms with van der Waals surface area (Å²) in [5, 5.41) is 9.01. The number of nitrogens with zero attached hydrogens (tertiary/aromatic N) is 2.